The van der Waals surface area contributed by atoms with E-state index >= 15 is 0 Å². The number of amides is 3. The van der Waals surface area contributed by atoms with Crippen molar-refractivity contribution in [3.63, 3.8) is 0 Å². The van der Waals surface area contributed by atoms with E-state index in [1.807, 2.05) is 0 Å². The largest absolute Gasteiger partial charge is 0.436 e. The van der Waals surface area contributed by atoms with Crippen LogP contribution in [-0.2, 0) is 27.4 Å². The molecule has 1 atom stereocenters. The highest BCUT2D eigenvalue weighted by Crippen LogP contribution is 2.24. The number of hydrogen-bond acceptors (Lipinski definition) is 6. The first-order valence-corrected chi connectivity index (χ1v) is 14.2. The number of carbonyl (C=O) groups excluding carboxylic acids is 3. The number of likely N-dealkylation sites (N-methyl/N-ethyl adjacent to an activating group) is 1. The van der Waals surface area contributed by atoms with Crippen molar-refractivity contribution in [1.29, 1.82) is 0 Å². The third-order valence-electron chi connectivity index (χ3n) is 6.98. The lowest BCUT2D eigenvalue weighted by atomic mass is 10.1. The Morgan fingerprint density at radius 3 is 2.39 bits per heavy atom. The Morgan fingerprint density at radius 2 is 1.70 bits per heavy atom. The summed E-state index contributed by atoms with van der Waals surface area (Å²) < 4.78 is 50.4. The Morgan fingerprint density at radius 1 is 0.978 bits per heavy atom. The van der Waals surface area contributed by atoms with Gasteiger partial charge < -0.3 is 29.0 Å². The lowest BCUT2D eigenvalue weighted by Crippen LogP contribution is -2.38. The van der Waals surface area contributed by atoms with Gasteiger partial charge in [0.15, 0.2) is 11.9 Å². The summed E-state index contributed by atoms with van der Waals surface area (Å²) in [4.78, 5) is 57.2. The number of nitrogens with one attached hydrogen (secondary N) is 1. The number of fused-ring (bicyclic) bond motifs is 1. The lowest BCUT2D eigenvalue weighted by molar-refractivity contribution is -0.125. The Labute approximate surface area is 262 Å². The van der Waals surface area contributed by atoms with Gasteiger partial charge in [0.05, 0.1) is 13.1 Å². The highest BCUT2D eigenvalue weighted by atomic mass is 19.1. The summed E-state index contributed by atoms with van der Waals surface area (Å²) in [5.74, 6) is -3.37. The predicted molar refractivity (Wildman–Crippen MR) is 165 cm³/mol. The van der Waals surface area contributed by atoms with E-state index in [0.29, 0.717) is 16.6 Å². The average molecular weight is 639 g/mol. The van der Waals surface area contributed by atoms with Crippen LogP contribution in [0.25, 0.3) is 10.9 Å². The van der Waals surface area contributed by atoms with Gasteiger partial charge in [-0.1, -0.05) is 12.1 Å². The van der Waals surface area contributed by atoms with E-state index in [-0.39, 0.29) is 43.2 Å². The maximum absolute atomic E-state index is 14.6. The average Bonchev–Trinajstić information content (AvgIpc) is 3.32. The second-order valence-electron chi connectivity index (χ2n) is 10.8. The van der Waals surface area contributed by atoms with Crippen LogP contribution in [0.4, 0.5) is 23.8 Å². The minimum Gasteiger partial charge on any atom is -0.436 e. The smallest absolute Gasteiger partial charge is 0.410 e. The highest BCUT2D eigenvalue weighted by molar-refractivity contribution is 5.94. The maximum Gasteiger partial charge on any atom is 0.410 e. The minimum absolute atomic E-state index is 0.0141. The Bertz CT molecular complexity index is 1850. The van der Waals surface area contributed by atoms with Crippen LogP contribution in [0.3, 0.4) is 0 Å². The number of ether oxygens (including phenoxy) is 1. The van der Waals surface area contributed by atoms with E-state index in [1.165, 1.54) is 66.3 Å². The molecule has 14 heteroatoms. The maximum atomic E-state index is 14.6. The Balaban J connectivity index is 1.60. The normalized spacial score (nSPS) is 11.9. The quantitative estimate of drug-likeness (QED) is 0.247. The van der Waals surface area contributed by atoms with Crippen molar-refractivity contribution in [1.82, 2.24) is 23.9 Å². The molecule has 0 aliphatic carbocycles. The van der Waals surface area contributed by atoms with Crippen molar-refractivity contribution < 1.29 is 32.3 Å². The van der Waals surface area contributed by atoms with Crippen LogP contribution in [0.1, 0.15) is 24.1 Å². The Hall–Kier alpha value is -5.40. The van der Waals surface area contributed by atoms with Crippen molar-refractivity contribution in [3.05, 3.63) is 106 Å². The van der Waals surface area contributed by atoms with E-state index in [0.717, 1.165) is 17.0 Å². The van der Waals surface area contributed by atoms with E-state index < -0.39 is 41.1 Å². The SMILES string of the molecule is CN(C)C(=O)/C=C/CC[C@H](OC(=O)N(C)C)C(=O)Nc1nccn(Cc2cc3cc(F)ccc3n2Cc2ccc(F)cc2F)c1=O. The number of hydrogen-bond donors (Lipinski definition) is 1. The number of benzene rings is 2. The summed E-state index contributed by atoms with van der Waals surface area (Å²) in [7, 11) is 6.07. The summed E-state index contributed by atoms with van der Waals surface area (Å²) in [5, 5.41) is 2.93. The van der Waals surface area contributed by atoms with Crippen LogP contribution in [0.2, 0.25) is 0 Å². The number of aromatic nitrogens is 3. The molecule has 2 aromatic carbocycles. The molecule has 0 bridgehead atoms. The zero-order chi connectivity index (χ0) is 33.5. The lowest BCUT2D eigenvalue weighted by Gasteiger charge is -2.19. The molecule has 0 unspecified atom stereocenters. The first kappa shape index (κ1) is 33.5. The van der Waals surface area contributed by atoms with Gasteiger partial charge in [0.1, 0.15) is 17.5 Å². The topological polar surface area (TPSA) is 119 Å². The molecular formula is C32H33F3N6O5. The molecule has 0 saturated carbocycles. The zero-order valence-electron chi connectivity index (χ0n) is 25.7. The summed E-state index contributed by atoms with van der Waals surface area (Å²) >= 11 is 0. The van der Waals surface area contributed by atoms with Crippen LogP contribution < -0.4 is 10.9 Å². The molecule has 1 N–H and O–H groups in total. The van der Waals surface area contributed by atoms with Gasteiger partial charge in [-0.2, -0.15) is 0 Å². The van der Waals surface area contributed by atoms with Gasteiger partial charge in [-0.3, -0.25) is 14.4 Å². The van der Waals surface area contributed by atoms with Crippen molar-refractivity contribution in [3.8, 4) is 0 Å². The third-order valence-corrected chi connectivity index (χ3v) is 6.98. The molecule has 4 rings (SSSR count). The molecule has 2 aromatic heterocycles. The van der Waals surface area contributed by atoms with E-state index in [2.05, 4.69) is 10.3 Å². The number of halogens is 3. The van der Waals surface area contributed by atoms with Crippen LogP contribution in [0.5, 0.6) is 0 Å². The third kappa shape index (κ3) is 8.20. The number of rotatable bonds is 11. The van der Waals surface area contributed by atoms with Crippen molar-refractivity contribution in [2.45, 2.75) is 32.0 Å². The standard InChI is InChI=1S/C32H33F3N6O5/c1-38(2)28(42)8-6-5-7-27(46-32(45)39(3)4)30(43)37-29-31(44)40(14-13-36-29)19-24-16-21-15-22(33)11-12-26(21)41(24)18-20-9-10-23(34)17-25(20)35/h6,8-17,27H,5,7,18-19H2,1-4H3,(H,36,37,43)/b8-6+/t27-/m0/s1. The van der Waals surface area contributed by atoms with Gasteiger partial charge in [0.25, 0.3) is 11.5 Å². The first-order chi connectivity index (χ1) is 21.8. The molecule has 0 saturated heterocycles. The molecule has 0 aliphatic rings. The van der Waals surface area contributed by atoms with Gasteiger partial charge in [0, 0.05) is 68.8 Å². The van der Waals surface area contributed by atoms with Crippen LogP contribution in [0, 0.1) is 17.5 Å². The molecule has 4 aromatic rings. The second-order valence-corrected chi connectivity index (χ2v) is 10.8. The van der Waals surface area contributed by atoms with Crippen molar-refractivity contribution in [2.75, 3.05) is 33.5 Å². The zero-order valence-corrected chi connectivity index (χ0v) is 25.7. The predicted octanol–water partition coefficient (Wildman–Crippen LogP) is 4.14. The second kappa shape index (κ2) is 14.6. The fourth-order valence-electron chi connectivity index (χ4n) is 4.52. The fraction of sp³-hybridized carbons (Fsp3) is 0.281. The fourth-order valence-corrected chi connectivity index (χ4v) is 4.52. The summed E-state index contributed by atoms with van der Waals surface area (Å²) in [6.45, 7) is -0.111. The van der Waals surface area contributed by atoms with Gasteiger partial charge >= 0.3 is 6.09 Å². The summed E-state index contributed by atoms with van der Waals surface area (Å²) in [6, 6.07) is 8.95. The van der Waals surface area contributed by atoms with Crippen LogP contribution in [-0.4, -0.2) is 76.1 Å². The Kier molecular flexibility index (Phi) is 10.6. The molecule has 0 fully saturated rings. The van der Waals surface area contributed by atoms with Crippen molar-refractivity contribution >= 4 is 34.6 Å². The van der Waals surface area contributed by atoms with Gasteiger partial charge in [-0.25, -0.2) is 22.9 Å². The van der Waals surface area contributed by atoms with Gasteiger partial charge in [-0.05, 0) is 49.2 Å². The first-order valence-electron chi connectivity index (χ1n) is 14.2. The summed E-state index contributed by atoms with van der Waals surface area (Å²) in [5.41, 5.74) is 0.536. The molecule has 46 heavy (non-hydrogen) atoms. The van der Waals surface area contributed by atoms with E-state index in [9.17, 15) is 32.3 Å². The molecule has 3 amide bonds. The number of anilines is 1. The minimum atomic E-state index is -1.31. The number of carbonyl (C=O) groups is 3. The van der Waals surface area contributed by atoms with Crippen molar-refractivity contribution in [2.24, 2.45) is 0 Å². The van der Waals surface area contributed by atoms with Crippen LogP contribution in [0.15, 0.2) is 71.8 Å². The van der Waals surface area contributed by atoms with Crippen LogP contribution >= 0.6 is 0 Å². The molecule has 0 radical (unpaired) electrons. The highest BCUT2D eigenvalue weighted by Gasteiger charge is 2.25. The molecule has 0 spiro atoms. The molecule has 11 nitrogen and oxygen atoms in total. The molecular weight excluding hydrogens is 605 g/mol. The number of nitrogens with zero attached hydrogens (tertiary/aromatic N) is 5. The molecule has 0 aliphatic heterocycles. The molecule has 242 valence electrons. The van der Waals surface area contributed by atoms with Gasteiger partial charge in [0.2, 0.25) is 5.91 Å². The number of allylic oxidation sites excluding steroid dienone is 1. The summed E-state index contributed by atoms with van der Waals surface area (Å²) in [6.07, 6.45) is 3.68. The van der Waals surface area contributed by atoms with E-state index in [4.69, 9.17) is 4.74 Å². The monoisotopic (exact) mass is 638 g/mol. The molecule has 2 heterocycles. The van der Waals surface area contributed by atoms with E-state index in [1.54, 1.807) is 30.8 Å². The van der Waals surface area contributed by atoms with Gasteiger partial charge in [-0.15, -0.1) is 0 Å².